The third kappa shape index (κ3) is 3.64. The SMILES string of the molecule is CCCCC1=NC(C2CC2)(C2CC2)C(=O)N1Cc1ccc(-c2ccccc2C(=O)O)cc1. The molecule has 32 heavy (non-hydrogen) atoms. The fourth-order valence-corrected chi connectivity index (χ4v) is 5.15. The number of aromatic carboxylic acids is 1. The summed E-state index contributed by atoms with van der Waals surface area (Å²) in [4.78, 5) is 32.4. The lowest BCUT2D eigenvalue weighted by atomic mass is 9.87. The van der Waals surface area contributed by atoms with Crippen molar-refractivity contribution in [3.05, 3.63) is 59.7 Å². The van der Waals surface area contributed by atoms with Crippen molar-refractivity contribution in [3.63, 3.8) is 0 Å². The van der Waals surface area contributed by atoms with Gasteiger partial charge in [0.2, 0.25) is 0 Å². The Morgan fingerprint density at radius 3 is 2.31 bits per heavy atom. The largest absolute Gasteiger partial charge is 0.478 e. The van der Waals surface area contributed by atoms with Crippen molar-refractivity contribution in [2.75, 3.05) is 0 Å². The molecule has 0 aromatic heterocycles. The molecular formula is C27H30N2O3. The molecule has 1 amide bonds. The number of carboxylic acids is 1. The summed E-state index contributed by atoms with van der Waals surface area (Å²) in [6.07, 6.45) is 7.47. The number of carbonyl (C=O) groups excluding carboxylic acids is 1. The highest BCUT2D eigenvalue weighted by Gasteiger charge is 2.63. The number of unbranched alkanes of at least 4 members (excludes halogenated alkanes) is 1. The molecule has 0 spiro atoms. The van der Waals surface area contributed by atoms with Gasteiger partial charge >= 0.3 is 5.97 Å². The maximum Gasteiger partial charge on any atom is 0.336 e. The first-order valence-electron chi connectivity index (χ1n) is 11.9. The number of aliphatic imine (C=N–C) groups is 1. The van der Waals surface area contributed by atoms with Gasteiger partial charge in [0.15, 0.2) is 0 Å². The van der Waals surface area contributed by atoms with Crippen LogP contribution in [-0.2, 0) is 11.3 Å². The van der Waals surface area contributed by atoms with Crippen LogP contribution in [0, 0.1) is 11.8 Å². The molecular weight excluding hydrogens is 400 g/mol. The third-order valence-corrected chi connectivity index (χ3v) is 7.13. The zero-order chi connectivity index (χ0) is 22.3. The van der Waals surface area contributed by atoms with E-state index in [1.807, 2.05) is 41.3 Å². The van der Waals surface area contributed by atoms with Gasteiger partial charge in [-0.05, 0) is 66.7 Å². The van der Waals surface area contributed by atoms with E-state index in [9.17, 15) is 14.7 Å². The topological polar surface area (TPSA) is 70.0 Å². The molecule has 0 atom stereocenters. The number of amidine groups is 1. The van der Waals surface area contributed by atoms with Crippen LogP contribution in [0.25, 0.3) is 11.1 Å². The predicted molar refractivity (Wildman–Crippen MR) is 125 cm³/mol. The van der Waals surface area contributed by atoms with E-state index in [1.54, 1.807) is 12.1 Å². The summed E-state index contributed by atoms with van der Waals surface area (Å²) in [5.41, 5.74) is 2.42. The van der Waals surface area contributed by atoms with Crippen molar-refractivity contribution in [3.8, 4) is 11.1 Å². The highest BCUT2D eigenvalue weighted by atomic mass is 16.4. The Morgan fingerprint density at radius 1 is 1.06 bits per heavy atom. The molecule has 5 nitrogen and oxygen atoms in total. The molecule has 3 aliphatic rings. The number of hydrogen-bond donors (Lipinski definition) is 1. The van der Waals surface area contributed by atoms with Crippen molar-refractivity contribution >= 4 is 17.7 Å². The van der Waals surface area contributed by atoms with Crippen LogP contribution in [-0.4, -0.2) is 33.3 Å². The van der Waals surface area contributed by atoms with Gasteiger partial charge in [0.25, 0.3) is 5.91 Å². The number of carboxylic acid groups (broad SMARTS) is 1. The average molecular weight is 431 g/mol. The molecule has 2 aliphatic carbocycles. The second kappa shape index (κ2) is 8.19. The van der Waals surface area contributed by atoms with Crippen molar-refractivity contribution in [2.24, 2.45) is 16.8 Å². The maximum absolute atomic E-state index is 13.7. The van der Waals surface area contributed by atoms with Crippen molar-refractivity contribution in [1.29, 1.82) is 0 Å². The Balaban J connectivity index is 1.40. The normalized spacial score (nSPS) is 19.8. The molecule has 2 aromatic carbocycles. The highest BCUT2D eigenvalue weighted by molar-refractivity contribution is 6.09. The number of rotatable bonds is 9. The van der Waals surface area contributed by atoms with E-state index in [-0.39, 0.29) is 5.91 Å². The molecule has 1 aliphatic heterocycles. The molecule has 0 saturated heterocycles. The van der Waals surface area contributed by atoms with E-state index >= 15 is 0 Å². The van der Waals surface area contributed by atoms with E-state index in [1.165, 1.54) is 0 Å². The zero-order valence-electron chi connectivity index (χ0n) is 18.6. The molecule has 1 heterocycles. The van der Waals surface area contributed by atoms with Crippen LogP contribution < -0.4 is 0 Å². The Labute approximate surface area is 189 Å². The van der Waals surface area contributed by atoms with E-state index in [2.05, 4.69) is 6.92 Å². The van der Waals surface area contributed by atoms with E-state index in [0.29, 0.717) is 29.5 Å². The van der Waals surface area contributed by atoms with Crippen LogP contribution in [0.1, 0.15) is 67.8 Å². The van der Waals surface area contributed by atoms with Crippen molar-refractivity contribution < 1.29 is 14.7 Å². The smallest absolute Gasteiger partial charge is 0.336 e. The third-order valence-electron chi connectivity index (χ3n) is 7.13. The van der Waals surface area contributed by atoms with Crippen LogP contribution in [0.2, 0.25) is 0 Å². The molecule has 0 unspecified atom stereocenters. The fourth-order valence-electron chi connectivity index (χ4n) is 5.15. The van der Waals surface area contributed by atoms with Crippen molar-refractivity contribution in [1.82, 2.24) is 4.90 Å². The first-order chi connectivity index (χ1) is 15.5. The van der Waals surface area contributed by atoms with Gasteiger partial charge in [-0.15, -0.1) is 0 Å². The Bertz CT molecular complexity index is 1050. The minimum atomic E-state index is -0.930. The minimum absolute atomic E-state index is 0.217. The van der Waals surface area contributed by atoms with Gasteiger partial charge in [0.1, 0.15) is 11.4 Å². The van der Waals surface area contributed by atoms with Crippen LogP contribution in [0.5, 0.6) is 0 Å². The summed E-state index contributed by atoms with van der Waals surface area (Å²) >= 11 is 0. The van der Waals surface area contributed by atoms with E-state index in [4.69, 9.17) is 4.99 Å². The second-order valence-electron chi connectivity index (χ2n) is 9.44. The highest BCUT2D eigenvalue weighted by Crippen LogP contribution is 2.57. The summed E-state index contributed by atoms with van der Waals surface area (Å²) in [5, 5.41) is 9.49. The number of benzene rings is 2. The number of nitrogens with zero attached hydrogens (tertiary/aromatic N) is 2. The quantitative estimate of drug-likeness (QED) is 0.568. The first-order valence-corrected chi connectivity index (χ1v) is 11.9. The van der Waals surface area contributed by atoms with Gasteiger partial charge in [-0.2, -0.15) is 0 Å². The molecule has 2 aromatic rings. The number of carbonyl (C=O) groups is 2. The standard InChI is InChI=1S/C27H30N2O3/c1-2-3-8-24-28-27(20-13-14-20,21-15-16-21)26(32)29(24)17-18-9-11-19(12-10-18)22-6-4-5-7-23(22)25(30)31/h4-7,9-12,20-21H,2-3,8,13-17H2,1H3,(H,30,31). The first kappa shape index (κ1) is 20.9. The molecule has 0 radical (unpaired) electrons. The zero-order valence-corrected chi connectivity index (χ0v) is 18.6. The van der Waals surface area contributed by atoms with E-state index < -0.39 is 11.5 Å². The molecule has 1 N–H and O–H groups in total. The molecule has 166 valence electrons. The van der Waals surface area contributed by atoms with Crippen LogP contribution in [0.3, 0.4) is 0 Å². The van der Waals surface area contributed by atoms with Crippen LogP contribution in [0.4, 0.5) is 0 Å². The van der Waals surface area contributed by atoms with Crippen molar-refractivity contribution in [2.45, 2.75) is 64.0 Å². The number of hydrogen-bond acceptors (Lipinski definition) is 3. The predicted octanol–water partition coefficient (Wildman–Crippen LogP) is 5.54. The summed E-state index contributed by atoms with van der Waals surface area (Å²) in [6.45, 7) is 2.70. The number of amides is 1. The Morgan fingerprint density at radius 2 is 1.72 bits per heavy atom. The van der Waals surface area contributed by atoms with Gasteiger partial charge in [0, 0.05) is 6.42 Å². The summed E-state index contributed by atoms with van der Waals surface area (Å²) in [5.74, 6) is 1.11. The average Bonchev–Trinajstić information content (AvgIpc) is 3.72. The lowest BCUT2D eigenvalue weighted by Crippen LogP contribution is -2.45. The van der Waals surface area contributed by atoms with Gasteiger partial charge in [-0.25, -0.2) is 4.79 Å². The van der Waals surface area contributed by atoms with Crippen LogP contribution in [0.15, 0.2) is 53.5 Å². The molecule has 2 saturated carbocycles. The second-order valence-corrected chi connectivity index (χ2v) is 9.44. The van der Waals surface area contributed by atoms with E-state index in [0.717, 1.165) is 61.9 Å². The molecule has 5 heteroatoms. The maximum atomic E-state index is 13.7. The summed E-state index contributed by atoms with van der Waals surface area (Å²) < 4.78 is 0. The van der Waals surface area contributed by atoms with Gasteiger partial charge in [-0.3, -0.25) is 14.7 Å². The van der Waals surface area contributed by atoms with Gasteiger partial charge in [0.05, 0.1) is 12.1 Å². The van der Waals surface area contributed by atoms with Gasteiger partial charge < -0.3 is 5.11 Å². The fraction of sp³-hybridized carbons (Fsp3) is 0.444. The summed E-state index contributed by atoms with van der Waals surface area (Å²) in [6, 6.07) is 15.0. The Kier molecular flexibility index (Phi) is 5.36. The van der Waals surface area contributed by atoms with Gasteiger partial charge in [-0.1, -0.05) is 55.8 Å². The molecule has 2 fully saturated rings. The lowest BCUT2D eigenvalue weighted by molar-refractivity contribution is -0.133. The summed E-state index contributed by atoms with van der Waals surface area (Å²) in [7, 11) is 0. The minimum Gasteiger partial charge on any atom is -0.478 e. The lowest BCUT2D eigenvalue weighted by Gasteiger charge is -2.26. The molecule has 0 bridgehead atoms. The monoisotopic (exact) mass is 430 g/mol. The molecule has 5 rings (SSSR count). The van der Waals surface area contributed by atoms with Crippen LogP contribution >= 0.6 is 0 Å². The Hall–Kier alpha value is -2.95.